The minimum absolute atomic E-state index is 0.0863. The van der Waals surface area contributed by atoms with Crippen molar-refractivity contribution in [3.63, 3.8) is 0 Å². The van der Waals surface area contributed by atoms with Crippen LogP contribution >= 0.6 is 0 Å². The monoisotopic (exact) mass is 187 g/mol. The molecule has 0 radical (unpaired) electrons. The van der Waals surface area contributed by atoms with E-state index in [1.165, 1.54) is 10.9 Å². The van der Waals surface area contributed by atoms with Crippen LogP contribution in [0.2, 0.25) is 0 Å². The van der Waals surface area contributed by atoms with Gasteiger partial charge in [0, 0.05) is 12.1 Å². The number of halogens is 2. The Morgan fingerprint density at radius 2 is 2.46 bits per heavy atom. The number of fused-ring (bicyclic) bond motifs is 1. The second kappa shape index (κ2) is 2.97. The van der Waals surface area contributed by atoms with Crippen LogP contribution in [0.4, 0.5) is 14.6 Å². The van der Waals surface area contributed by atoms with E-state index in [0.717, 1.165) is 0 Å². The highest BCUT2D eigenvalue weighted by Gasteiger charge is 2.30. The van der Waals surface area contributed by atoms with Crippen molar-refractivity contribution in [2.24, 2.45) is 0 Å². The molecule has 1 aliphatic rings. The zero-order valence-corrected chi connectivity index (χ0v) is 7.24. The van der Waals surface area contributed by atoms with Gasteiger partial charge in [0.1, 0.15) is 11.9 Å². The van der Waals surface area contributed by atoms with Crippen LogP contribution in [-0.4, -0.2) is 22.2 Å². The Labute approximate surface area is 74.7 Å². The molecule has 2 rings (SSSR count). The van der Waals surface area contributed by atoms with E-state index in [1.807, 2.05) is 6.92 Å². The number of anilines is 1. The summed E-state index contributed by atoms with van der Waals surface area (Å²) < 4.78 is 26.5. The molecule has 13 heavy (non-hydrogen) atoms. The van der Waals surface area contributed by atoms with Crippen LogP contribution in [0.15, 0.2) is 12.3 Å². The molecule has 0 bridgehead atoms. The third-order valence-electron chi connectivity index (χ3n) is 2.26. The summed E-state index contributed by atoms with van der Waals surface area (Å²) in [4.78, 5) is 0. The van der Waals surface area contributed by atoms with Gasteiger partial charge >= 0.3 is 0 Å². The summed E-state index contributed by atoms with van der Waals surface area (Å²) in [6, 6.07) is 1.02. The SMILES string of the molecule is CC1CC(C(F)F)n2nccc2N1. The lowest BCUT2D eigenvalue weighted by molar-refractivity contribution is 0.0668. The smallest absolute Gasteiger partial charge is 0.260 e. The van der Waals surface area contributed by atoms with Crippen molar-refractivity contribution in [3.05, 3.63) is 12.3 Å². The average molecular weight is 187 g/mol. The maximum absolute atomic E-state index is 12.6. The second-order valence-corrected chi connectivity index (χ2v) is 3.34. The molecule has 1 aliphatic heterocycles. The van der Waals surface area contributed by atoms with Crippen LogP contribution in [-0.2, 0) is 0 Å². The molecule has 0 aliphatic carbocycles. The lowest BCUT2D eigenvalue weighted by Crippen LogP contribution is -2.33. The molecule has 0 saturated heterocycles. The molecule has 1 N–H and O–H groups in total. The number of rotatable bonds is 1. The number of nitrogens with zero attached hydrogens (tertiary/aromatic N) is 2. The Kier molecular flexibility index (Phi) is 1.94. The maximum atomic E-state index is 12.6. The molecule has 3 nitrogen and oxygen atoms in total. The molecule has 0 fully saturated rings. The molecular formula is C8H11F2N3. The molecule has 5 heteroatoms. The third kappa shape index (κ3) is 1.38. The highest BCUT2D eigenvalue weighted by molar-refractivity contribution is 5.37. The third-order valence-corrected chi connectivity index (χ3v) is 2.26. The number of hydrogen-bond acceptors (Lipinski definition) is 2. The fourth-order valence-corrected chi connectivity index (χ4v) is 1.68. The number of aromatic nitrogens is 2. The summed E-state index contributed by atoms with van der Waals surface area (Å²) in [5.74, 6) is 0.684. The maximum Gasteiger partial charge on any atom is 0.260 e. The molecule has 1 aromatic rings. The number of hydrogen-bond donors (Lipinski definition) is 1. The first-order valence-corrected chi connectivity index (χ1v) is 4.26. The average Bonchev–Trinajstić information content (AvgIpc) is 2.49. The molecule has 0 saturated carbocycles. The Morgan fingerprint density at radius 3 is 3.15 bits per heavy atom. The Balaban J connectivity index is 2.32. The summed E-state index contributed by atoms with van der Waals surface area (Å²) in [7, 11) is 0. The van der Waals surface area contributed by atoms with Crippen molar-refractivity contribution >= 4 is 5.82 Å². The van der Waals surface area contributed by atoms with Gasteiger partial charge in [-0.25, -0.2) is 13.5 Å². The van der Waals surface area contributed by atoms with E-state index in [4.69, 9.17) is 0 Å². The Morgan fingerprint density at radius 1 is 1.69 bits per heavy atom. The fourth-order valence-electron chi connectivity index (χ4n) is 1.68. The van der Waals surface area contributed by atoms with Gasteiger partial charge in [0.15, 0.2) is 0 Å². The number of alkyl halides is 2. The van der Waals surface area contributed by atoms with Gasteiger partial charge in [-0.2, -0.15) is 5.10 Å². The standard InChI is InChI=1S/C8H11F2N3/c1-5-4-6(8(9)10)13-7(12-5)2-3-11-13/h2-3,5-6,8,12H,4H2,1H3. The van der Waals surface area contributed by atoms with Crippen molar-refractivity contribution in [2.45, 2.75) is 31.9 Å². The molecule has 1 aromatic heterocycles. The van der Waals surface area contributed by atoms with Gasteiger partial charge in [0.2, 0.25) is 0 Å². The van der Waals surface area contributed by atoms with E-state index in [1.54, 1.807) is 6.07 Å². The summed E-state index contributed by atoms with van der Waals surface area (Å²) in [6.07, 6.45) is -0.384. The lowest BCUT2D eigenvalue weighted by Gasteiger charge is -2.29. The fraction of sp³-hybridized carbons (Fsp3) is 0.625. The first kappa shape index (κ1) is 8.47. The van der Waals surface area contributed by atoms with Crippen LogP contribution in [0.3, 0.4) is 0 Å². The normalized spacial score (nSPS) is 27.1. The quantitative estimate of drug-likeness (QED) is 0.727. The van der Waals surface area contributed by atoms with Gasteiger partial charge in [0.25, 0.3) is 6.43 Å². The van der Waals surface area contributed by atoms with Gasteiger partial charge in [-0.3, -0.25) is 0 Å². The summed E-state index contributed by atoms with van der Waals surface area (Å²) >= 11 is 0. The van der Waals surface area contributed by atoms with E-state index in [9.17, 15) is 8.78 Å². The first-order chi connectivity index (χ1) is 6.18. The molecule has 0 amide bonds. The summed E-state index contributed by atoms with van der Waals surface area (Å²) in [5.41, 5.74) is 0. The Bertz CT molecular complexity index is 297. The Hall–Kier alpha value is -1.13. The molecule has 2 heterocycles. The van der Waals surface area contributed by atoms with Gasteiger partial charge in [-0.15, -0.1) is 0 Å². The van der Waals surface area contributed by atoms with Crippen LogP contribution in [0.5, 0.6) is 0 Å². The summed E-state index contributed by atoms with van der Waals surface area (Å²) in [6.45, 7) is 1.89. The van der Waals surface area contributed by atoms with Crippen LogP contribution < -0.4 is 5.32 Å². The highest BCUT2D eigenvalue weighted by Crippen LogP contribution is 2.30. The van der Waals surface area contributed by atoms with E-state index in [2.05, 4.69) is 10.4 Å². The van der Waals surface area contributed by atoms with Crippen LogP contribution in [0.25, 0.3) is 0 Å². The number of nitrogens with one attached hydrogen (secondary N) is 1. The zero-order chi connectivity index (χ0) is 9.42. The topological polar surface area (TPSA) is 29.9 Å². The second-order valence-electron chi connectivity index (χ2n) is 3.34. The minimum atomic E-state index is -2.34. The van der Waals surface area contributed by atoms with Crippen molar-refractivity contribution in [1.82, 2.24) is 9.78 Å². The highest BCUT2D eigenvalue weighted by atomic mass is 19.3. The molecule has 2 atom stereocenters. The summed E-state index contributed by atoms with van der Waals surface area (Å²) in [5, 5.41) is 6.96. The lowest BCUT2D eigenvalue weighted by atomic mass is 10.1. The van der Waals surface area contributed by atoms with Crippen molar-refractivity contribution in [2.75, 3.05) is 5.32 Å². The zero-order valence-electron chi connectivity index (χ0n) is 7.24. The van der Waals surface area contributed by atoms with Crippen LogP contribution in [0, 0.1) is 0 Å². The molecular weight excluding hydrogens is 176 g/mol. The van der Waals surface area contributed by atoms with E-state index in [-0.39, 0.29) is 6.04 Å². The molecule has 72 valence electrons. The molecule has 0 spiro atoms. The largest absolute Gasteiger partial charge is 0.368 e. The van der Waals surface area contributed by atoms with Gasteiger partial charge < -0.3 is 5.32 Å². The van der Waals surface area contributed by atoms with Gasteiger partial charge in [0.05, 0.1) is 6.20 Å². The van der Waals surface area contributed by atoms with Crippen LogP contribution in [0.1, 0.15) is 19.4 Å². The van der Waals surface area contributed by atoms with Gasteiger partial charge in [-0.05, 0) is 13.3 Å². The van der Waals surface area contributed by atoms with Gasteiger partial charge in [-0.1, -0.05) is 0 Å². The molecule has 0 aromatic carbocycles. The first-order valence-electron chi connectivity index (χ1n) is 4.26. The van der Waals surface area contributed by atoms with Crippen molar-refractivity contribution in [3.8, 4) is 0 Å². The predicted molar refractivity (Wildman–Crippen MR) is 45.0 cm³/mol. The van der Waals surface area contributed by atoms with E-state index >= 15 is 0 Å². The predicted octanol–water partition coefficient (Wildman–Crippen LogP) is 1.89. The minimum Gasteiger partial charge on any atom is -0.368 e. The van der Waals surface area contributed by atoms with Crippen molar-refractivity contribution < 1.29 is 8.78 Å². The molecule has 2 unspecified atom stereocenters. The van der Waals surface area contributed by atoms with E-state index in [0.29, 0.717) is 12.2 Å². The van der Waals surface area contributed by atoms with Crippen molar-refractivity contribution in [1.29, 1.82) is 0 Å². The van der Waals surface area contributed by atoms with E-state index < -0.39 is 12.5 Å².